The van der Waals surface area contributed by atoms with E-state index in [2.05, 4.69) is 22.5 Å². The number of fused-ring (bicyclic) bond motifs is 1. The fourth-order valence-electron chi connectivity index (χ4n) is 1.95. The second-order valence-corrected chi connectivity index (χ2v) is 4.39. The van der Waals surface area contributed by atoms with Crippen molar-refractivity contribution in [2.45, 2.75) is 12.8 Å². The van der Waals surface area contributed by atoms with Gasteiger partial charge in [0.05, 0.1) is 6.54 Å². The molecule has 2 amide bonds. The first kappa shape index (κ1) is 13.3. The molecule has 1 aliphatic rings. The molecular formula is C14H17N3O2. The second kappa shape index (κ2) is 6.15. The topological polar surface area (TPSA) is 70.2 Å². The largest absolute Gasteiger partial charge is 0.326 e. The number of amides is 2. The number of hydrogen-bond donors (Lipinski definition) is 3. The number of benzene rings is 1. The highest BCUT2D eigenvalue weighted by molar-refractivity contribution is 5.96. The van der Waals surface area contributed by atoms with Crippen molar-refractivity contribution < 1.29 is 9.59 Å². The number of carbonyl (C=O) groups excluding carboxylic acids is 2. The number of carbonyl (C=O) groups is 2. The molecule has 2 rings (SSSR count). The molecule has 1 aliphatic heterocycles. The van der Waals surface area contributed by atoms with Crippen molar-refractivity contribution in [2.24, 2.45) is 0 Å². The quantitative estimate of drug-likeness (QED) is 0.551. The van der Waals surface area contributed by atoms with Crippen LogP contribution < -0.4 is 16.0 Å². The molecule has 0 bridgehead atoms. The van der Waals surface area contributed by atoms with Crippen molar-refractivity contribution in [3.63, 3.8) is 0 Å². The van der Waals surface area contributed by atoms with Gasteiger partial charge < -0.3 is 16.0 Å². The summed E-state index contributed by atoms with van der Waals surface area (Å²) in [5, 5.41) is 8.56. The minimum absolute atomic E-state index is 0.0397. The molecule has 3 N–H and O–H groups in total. The van der Waals surface area contributed by atoms with E-state index < -0.39 is 0 Å². The summed E-state index contributed by atoms with van der Waals surface area (Å²) in [7, 11) is 0. The maximum Gasteiger partial charge on any atom is 0.238 e. The van der Waals surface area contributed by atoms with Crippen molar-refractivity contribution in [1.29, 1.82) is 0 Å². The zero-order valence-corrected chi connectivity index (χ0v) is 10.7. The average Bonchev–Trinajstić information content (AvgIpc) is 2.39. The van der Waals surface area contributed by atoms with Crippen molar-refractivity contribution >= 4 is 23.2 Å². The molecule has 0 saturated heterocycles. The lowest BCUT2D eigenvalue weighted by Crippen LogP contribution is -2.28. The predicted octanol–water partition coefficient (Wildman–Crippen LogP) is 1.29. The predicted molar refractivity (Wildman–Crippen MR) is 75.1 cm³/mol. The van der Waals surface area contributed by atoms with Gasteiger partial charge in [0.25, 0.3) is 0 Å². The molecule has 0 aliphatic carbocycles. The van der Waals surface area contributed by atoms with Gasteiger partial charge in [0.2, 0.25) is 11.8 Å². The lowest BCUT2D eigenvalue weighted by atomic mass is 10.0. The first-order chi connectivity index (χ1) is 9.19. The van der Waals surface area contributed by atoms with E-state index in [9.17, 15) is 9.59 Å². The third-order valence-corrected chi connectivity index (χ3v) is 2.86. The number of rotatable bonds is 5. The van der Waals surface area contributed by atoms with Crippen LogP contribution in [0.5, 0.6) is 0 Å². The van der Waals surface area contributed by atoms with Crippen molar-refractivity contribution in [1.82, 2.24) is 5.32 Å². The van der Waals surface area contributed by atoms with Gasteiger partial charge in [-0.15, -0.1) is 6.58 Å². The smallest absolute Gasteiger partial charge is 0.238 e. The van der Waals surface area contributed by atoms with Crippen LogP contribution in [0.15, 0.2) is 30.9 Å². The molecule has 1 heterocycles. The summed E-state index contributed by atoms with van der Waals surface area (Å²) in [5.74, 6) is -0.0560. The summed E-state index contributed by atoms with van der Waals surface area (Å²) >= 11 is 0. The normalized spacial score (nSPS) is 13.4. The highest BCUT2D eigenvalue weighted by Gasteiger charge is 2.15. The Morgan fingerprint density at radius 2 is 2.26 bits per heavy atom. The Labute approximate surface area is 112 Å². The molecule has 1 aromatic rings. The van der Waals surface area contributed by atoms with Gasteiger partial charge in [-0.2, -0.15) is 0 Å². The highest BCUT2D eigenvalue weighted by atomic mass is 16.2. The molecule has 5 nitrogen and oxygen atoms in total. The Bertz CT molecular complexity index is 511. The number of anilines is 2. The molecule has 0 saturated carbocycles. The summed E-state index contributed by atoms with van der Waals surface area (Å²) in [5.41, 5.74) is 2.63. The second-order valence-electron chi connectivity index (χ2n) is 4.39. The molecule has 100 valence electrons. The maximum absolute atomic E-state index is 11.6. The first-order valence-corrected chi connectivity index (χ1v) is 6.23. The average molecular weight is 259 g/mol. The Morgan fingerprint density at radius 1 is 1.42 bits per heavy atom. The van der Waals surface area contributed by atoms with Crippen molar-refractivity contribution in [3.8, 4) is 0 Å². The van der Waals surface area contributed by atoms with Crippen LogP contribution in [-0.4, -0.2) is 24.9 Å². The molecule has 1 aromatic carbocycles. The molecule has 0 atom stereocenters. The summed E-state index contributed by atoms with van der Waals surface area (Å²) in [4.78, 5) is 22.9. The van der Waals surface area contributed by atoms with E-state index in [1.54, 1.807) is 12.1 Å². The van der Waals surface area contributed by atoms with Crippen LogP contribution in [0.25, 0.3) is 0 Å². The van der Waals surface area contributed by atoms with Gasteiger partial charge in [-0.3, -0.25) is 9.59 Å². The van der Waals surface area contributed by atoms with Crippen LogP contribution in [0, 0.1) is 0 Å². The summed E-state index contributed by atoms with van der Waals surface area (Å²) in [6.45, 7) is 4.42. The highest BCUT2D eigenvalue weighted by Crippen LogP contribution is 2.25. The minimum Gasteiger partial charge on any atom is -0.326 e. The fraction of sp³-hybridized carbons (Fsp3) is 0.286. The monoisotopic (exact) mass is 259 g/mol. The fourth-order valence-corrected chi connectivity index (χ4v) is 1.95. The zero-order valence-electron chi connectivity index (χ0n) is 10.7. The Hall–Kier alpha value is -2.14. The van der Waals surface area contributed by atoms with E-state index >= 15 is 0 Å². The van der Waals surface area contributed by atoms with Gasteiger partial charge in [0, 0.05) is 24.3 Å². The number of hydrogen-bond acceptors (Lipinski definition) is 3. The van der Waals surface area contributed by atoms with Crippen LogP contribution in [0.4, 0.5) is 11.4 Å². The summed E-state index contributed by atoms with van der Waals surface area (Å²) < 4.78 is 0. The molecular weight excluding hydrogens is 242 g/mol. The van der Waals surface area contributed by atoms with Crippen LogP contribution in [0.1, 0.15) is 12.0 Å². The van der Waals surface area contributed by atoms with Gasteiger partial charge in [-0.1, -0.05) is 6.08 Å². The van der Waals surface area contributed by atoms with Crippen LogP contribution >= 0.6 is 0 Å². The lowest BCUT2D eigenvalue weighted by Gasteiger charge is -2.17. The Kier molecular flexibility index (Phi) is 4.30. The van der Waals surface area contributed by atoms with E-state index in [1.165, 1.54) is 0 Å². The third-order valence-electron chi connectivity index (χ3n) is 2.86. The van der Waals surface area contributed by atoms with Gasteiger partial charge in [-0.05, 0) is 30.2 Å². The SMILES string of the molecule is C=CCNCC(=O)Nc1ccc2c(c1)CCC(=O)N2. The van der Waals surface area contributed by atoms with Crippen molar-refractivity contribution in [2.75, 3.05) is 23.7 Å². The molecule has 0 unspecified atom stereocenters. The van der Waals surface area contributed by atoms with E-state index in [-0.39, 0.29) is 18.4 Å². The van der Waals surface area contributed by atoms with E-state index in [0.717, 1.165) is 16.9 Å². The first-order valence-electron chi connectivity index (χ1n) is 6.23. The van der Waals surface area contributed by atoms with Crippen molar-refractivity contribution in [3.05, 3.63) is 36.4 Å². The Morgan fingerprint density at radius 3 is 3.05 bits per heavy atom. The molecule has 19 heavy (non-hydrogen) atoms. The van der Waals surface area contributed by atoms with Gasteiger partial charge in [0.1, 0.15) is 0 Å². The Balaban J connectivity index is 1.96. The van der Waals surface area contributed by atoms with Gasteiger partial charge in [-0.25, -0.2) is 0 Å². The lowest BCUT2D eigenvalue weighted by molar-refractivity contribution is -0.116. The number of nitrogens with one attached hydrogen (secondary N) is 3. The summed E-state index contributed by atoms with van der Waals surface area (Å²) in [6, 6.07) is 5.51. The van der Waals surface area contributed by atoms with Crippen LogP contribution in [0.2, 0.25) is 0 Å². The molecule has 0 spiro atoms. The summed E-state index contributed by atoms with van der Waals surface area (Å²) in [6.07, 6.45) is 2.90. The molecule has 5 heteroatoms. The molecule has 0 radical (unpaired) electrons. The number of aryl methyl sites for hydroxylation is 1. The zero-order chi connectivity index (χ0) is 13.7. The minimum atomic E-state index is -0.0957. The molecule has 0 fully saturated rings. The van der Waals surface area contributed by atoms with Gasteiger partial charge in [0.15, 0.2) is 0 Å². The third kappa shape index (κ3) is 3.66. The van der Waals surface area contributed by atoms with E-state index in [4.69, 9.17) is 0 Å². The van der Waals surface area contributed by atoms with Crippen LogP contribution in [-0.2, 0) is 16.0 Å². The molecule has 0 aromatic heterocycles. The van der Waals surface area contributed by atoms with E-state index in [0.29, 0.717) is 19.4 Å². The standard InChI is InChI=1S/C14H17N3O2/c1-2-7-15-9-14(19)16-11-4-5-12-10(8-11)3-6-13(18)17-12/h2,4-5,8,15H,1,3,6-7,9H2,(H,16,19)(H,17,18). The maximum atomic E-state index is 11.6. The van der Waals surface area contributed by atoms with E-state index in [1.807, 2.05) is 12.1 Å². The van der Waals surface area contributed by atoms with Crippen LogP contribution in [0.3, 0.4) is 0 Å². The van der Waals surface area contributed by atoms with Gasteiger partial charge >= 0.3 is 0 Å².